The van der Waals surface area contributed by atoms with Crippen molar-refractivity contribution in [3.63, 3.8) is 0 Å². The minimum absolute atomic E-state index is 0.0470. The van der Waals surface area contributed by atoms with E-state index in [9.17, 15) is 4.79 Å². The summed E-state index contributed by atoms with van der Waals surface area (Å²) < 4.78 is 10.9. The van der Waals surface area contributed by atoms with Crippen molar-refractivity contribution < 1.29 is 14.3 Å². The van der Waals surface area contributed by atoms with Crippen molar-refractivity contribution in [3.05, 3.63) is 48.0 Å². The zero-order valence-corrected chi connectivity index (χ0v) is 11.9. The van der Waals surface area contributed by atoms with Crippen molar-refractivity contribution in [2.45, 2.75) is 45.1 Å². The van der Waals surface area contributed by atoms with Gasteiger partial charge in [0.05, 0.1) is 18.2 Å². The van der Waals surface area contributed by atoms with Gasteiger partial charge in [0.25, 0.3) is 0 Å². The lowest BCUT2D eigenvalue weighted by Crippen LogP contribution is -2.45. The van der Waals surface area contributed by atoms with Crippen molar-refractivity contribution in [3.8, 4) is 0 Å². The highest BCUT2D eigenvalue weighted by molar-refractivity contribution is 5.68. The zero-order chi connectivity index (χ0) is 14.4. The monoisotopic (exact) mass is 275 g/mol. The van der Waals surface area contributed by atoms with Crippen LogP contribution in [0.1, 0.15) is 25.8 Å². The van der Waals surface area contributed by atoms with E-state index < -0.39 is 6.09 Å². The molecule has 0 aliphatic carbocycles. The Kier molecular flexibility index (Phi) is 5.18. The number of carbonyl (C=O) groups excluding carboxylic acids is 1. The third kappa shape index (κ3) is 4.10. The highest BCUT2D eigenvalue weighted by Crippen LogP contribution is 2.15. The summed E-state index contributed by atoms with van der Waals surface area (Å²) in [4.78, 5) is 11.8. The molecule has 1 aliphatic heterocycles. The summed E-state index contributed by atoms with van der Waals surface area (Å²) in [7, 11) is 0. The molecule has 0 saturated heterocycles. The smallest absolute Gasteiger partial charge is 0.408 e. The van der Waals surface area contributed by atoms with E-state index in [0.717, 1.165) is 12.0 Å². The summed E-state index contributed by atoms with van der Waals surface area (Å²) >= 11 is 0. The highest BCUT2D eigenvalue weighted by atomic mass is 16.5. The predicted octanol–water partition coefficient (Wildman–Crippen LogP) is 3.03. The Labute approximate surface area is 119 Å². The molecule has 0 spiro atoms. The van der Waals surface area contributed by atoms with Crippen LogP contribution in [-0.4, -0.2) is 24.3 Å². The summed E-state index contributed by atoms with van der Waals surface area (Å²) in [5.41, 5.74) is 0.970. The molecule has 1 aromatic carbocycles. The van der Waals surface area contributed by atoms with E-state index in [4.69, 9.17) is 9.47 Å². The van der Waals surface area contributed by atoms with Crippen LogP contribution in [0.5, 0.6) is 0 Å². The first-order chi connectivity index (χ1) is 9.69. The molecular formula is C16H21NO3. The molecule has 1 aliphatic rings. The molecule has 1 N–H and O–H groups in total. The normalized spacial score (nSPS) is 25.2. The lowest BCUT2D eigenvalue weighted by molar-refractivity contribution is -0.000875. The Balaban J connectivity index is 1.80. The number of amides is 1. The van der Waals surface area contributed by atoms with Gasteiger partial charge >= 0.3 is 6.09 Å². The Morgan fingerprint density at radius 1 is 1.30 bits per heavy atom. The first-order valence-electron chi connectivity index (χ1n) is 7.00. The van der Waals surface area contributed by atoms with E-state index in [1.165, 1.54) is 0 Å². The van der Waals surface area contributed by atoms with Gasteiger partial charge in [0.15, 0.2) is 0 Å². The van der Waals surface area contributed by atoms with Crippen LogP contribution >= 0.6 is 0 Å². The fourth-order valence-electron chi connectivity index (χ4n) is 2.10. The van der Waals surface area contributed by atoms with Gasteiger partial charge in [0.2, 0.25) is 0 Å². The van der Waals surface area contributed by atoms with Crippen LogP contribution < -0.4 is 5.32 Å². The minimum Gasteiger partial charge on any atom is -0.445 e. The molecule has 1 heterocycles. The second-order valence-corrected chi connectivity index (χ2v) is 4.90. The Morgan fingerprint density at radius 3 is 2.70 bits per heavy atom. The number of hydrogen-bond acceptors (Lipinski definition) is 3. The van der Waals surface area contributed by atoms with Gasteiger partial charge in [-0.1, -0.05) is 49.4 Å². The minimum atomic E-state index is -0.422. The standard InChI is InChI=1S/C16H21NO3/c1-3-14-9-10-15(12(2)20-14)17-16(18)19-11-13-7-5-4-6-8-13/h4-10,12,14-15H,3,11H2,1-2H3,(H,17,18). The van der Waals surface area contributed by atoms with Gasteiger partial charge in [-0.2, -0.15) is 0 Å². The predicted molar refractivity (Wildman–Crippen MR) is 77.3 cm³/mol. The molecule has 0 saturated carbocycles. The van der Waals surface area contributed by atoms with Crippen LogP contribution in [0.15, 0.2) is 42.5 Å². The van der Waals surface area contributed by atoms with Crippen LogP contribution in [0.4, 0.5) is 4.79 Å². The number of carbonyl (C=O) groups is 1. The molecule has 4 heteroatoms. The van der Waals surface area contributed by atoms with Gasteiger partial charge in [0.1, 0.15) is 6.61 Å². The second-order valence-electron chi connectivity index (χ2n) is 4.90. The van der Waals surface area contributed by atoms with Crippen LogP contribution in [0.2, 0.25) is 0 Å². The number of benzene rings is 1. The van der Waals surface area contributed by atoms with Crippen molar-refractivity contribution in [2.75, 3.05) is 0 Å². The lowest BCUT2D eigenvalue weighted by Gasteiger charge is -2.29. The molecule has 0 fully saturated rings. The maximum Gasteiger partial charge on any atom is 0.408 e. The van der Waals surface area contributed by atoms with Gasteiger partial charge < -0.3 is 14.8 Å². The Hall–Kier alpha value is -1.81. The lowest BCUT2D eigenvalue weighted by atomic mass is 10.1. The number of nitrogens with one attached hydrogen (secondary N) is 1. The van der Waals surface area contributed by atoms with Gasteiger partial charge in [0, 0.05) is 0 Å². The van der Waals surface area contributed by atoms with Crippen molar-refractivity contribution in [1.82, 2.24) is 5.32 Å². The topological polar surface area (TPSA) is 47.6 Å². The summed E-state index contributed by atoms with van der Waals surface area (Å²) in [5, 5.41) is 2.81. The van der Waals surface area contributed by atoms with Crippen LogP contribution in [0.3, 0.4) is 0 Å². The molecule has 0 aromatic heterocycles. The van der Waals surface area contributed by atoms with Crippen LogP contribution in [-0.2, 0) is 16.1 Å². The second kappa shape index (κ2) is 7.10. The van der Waals surface area contributed by atoms with Gasteiger partial charge in [-0.25, -0.2) is 4.79 Å². The summed E-state index contributed by atoms with van der Waals surface area (Å²) in [6, 6.07) is 9.47. The maximum absolute atomic E-state index is 11.8. The zero-order valence-electron chi connectivity index (χ0n) is 11.9. The molecular weight excluding hydrogens is 254 g/mol. The van der Waals surface area contributed by atoms with E-state index in [0.29, 0.717) is 0 Å². The van der Waals surface area contributed by atoms with E-state index in [2.05, 4.69) is 12.2 Å². The third-order valence-corrected chi connectivity index (χ3v) is 3.33. The first kappa shape index (κ1) is 14.6. The molecule has 1 amide bonds. The Morgan fingerprint density at radius 2 is 2.05 bits per heavy atom. The fraction of sp³-hybridized carbons (Fsp3) is 0.438. The molecule has 0 bridgehead atoms. The molecule has 0 radical (unpaired) electrons. The van der Waals surface area contributed by atoms with Crippen molar-refractivity contribution in [1.29, 1.82) is 0 Å². The third-order valence-electron chi connectivity index (χ3n) is 3.33. The molecule has 3 atom stereocenters. The van der Waals surface area contributed by atoms with Crippen molar-refractivity contribution in [2.24, 2.45) is 0 Å². The van der Waals surface area contributed by atoms with Crippen molar-refractivity contribution >= 4 is 6.09 Å². The number of alkyl carbamates (subject to hydrolysis) is 1. The SMILES string of the molecule is CCC1C=CC(NC(=O)OCc2ccccc2)C(C)O1. The average molecular weight is 275 g/mol. The fourth-order valence-corrected chi connectivity index (χ4v) is 2.10. The summed E-state index contributed by atoms with van der Waals surface area (Å²) in [6.45, 7) is 4.30. The first-order valence-corrected chi connectivity index (χ1v) is 7.00. The molecule has 2 rings (SSSR count). The van der Waals surface area contributed by atoms with E-state index in [1.807, 2.05) is 49.4 Å². The van der Waals surface area contributed by atoms with Gasteiger partial charge in [-0.3, -0.25) is 0 Å². The van der Waals surface area contributed by atoms with E-state index >= 15 is 0 Å². The molecule has 3 unspecified atom stereocenters. The summed E-state index contributed by atoms with van der Waals surface area (Å²) in [5.74, 6) is 0. The summed E-state index contributed by atoms with van der Waals surface area (Å²) in [6.07, 6.45) is 4.58. The van der Waals surface area contributed by atoms with Crippen LogP contribution in [0.25, 0.3) is 0 Å². The maximum atomic E-state index is 11.8. The number of rotatable bonds is 4. The number of ether oxygens (including phenoxy) is 2. The molecule has 108 valence electrons. The van der Waals surface area contributed by atoms with E-state index in [-0.39, 0.29) is 24.9 Å². The van der Waals surface area contributed by atoms with Gasteiger partial charge in [-0.05, 0) is 18.9 Å². The van der Waals surface area contributed by atoms with Crippen LogP contribution in [0, 0.1) is 0 Å². The quantitative estimate of drug-likeness (QED) is 0.859. The molecule has 4 nitrogen and oxygen atoms in total. The molecule has 20 heavy (non-hydrogen) atoms. The average Bonchev–Trinajstić information content (AvgIpc) is 2.48. The van der Waals surface area contributed by atoms with E-state index in [1.54, 1.807) is 0 Å². The molecule has 1 aromatic rings. The van der Waals surface area contributed by atoms with Gasteiger partial charge in [-0.15, -0.1) is 0 Å². The highest BCUT2D eigenvalue weighted by Gasteiger charge is 2.24. The number of hydrogen-bond donors (Lipinski definition) is 1. The largest absolute Gasteiger partial charge is 0.445 e. The Bertz CT molecular complexity index is 458.